The first-order valence-corrected chi connectivity index (χ1v) is 20.0. The molecule has 54 heavy (non-hydrogen) atoms. The molecule has 0 saturated heterocycles. The zero-order valence-corrected chi connectivity index (χ0v) is 34.4. The van der Waals surface area contributed by atoms with Crippen molar-refractivity contribution in [1.82, 2.24) is 0 Å². The van der Waals surface area contributed by atoms with E-state index in [0.717, 1.165) is 0 Å². The fourth-order valence-corrected chi connectivity index (χ4v) is 10.2. The summed E-state index contributed by atoms with van der Waals surface area (Å²) in [6.45, 7) is 28.6. The summed E-state index contributed by atoms with van der Waals surface area (Å²) < 4.78 is 0. The van der Waals surface area contributed by atoms with Gasteiger partial charge in [0.2, 0.25) is 0 Å². The molecule has 1 nitrogen and oxygen atoms in total. The highest BCUT2D eigenvalue weighted by molar-refractivity contribution is 5.97. The third-order valence-corrected chi connectivity index (χ3v) is 13.3. The summed E-state index contributed by atoms with van der Waals surface area (Å²) in [7, 11) is 0. The van der Waals surface area contributed by atoms with Gasteiger partial charge in [-0.25, -0.2) is 0 Å². The van der Waals surface area contributed by atoms with Gasteiger partial charge in [0.05, 0.1) is 5.69 Å². The number of hydrogen-bond donors (Lipinski definition) is 0. The topological polar surface area (TPSA) is 3.24 Å². The molecule has 3 aliphatic rings. The third kappa shape index (κ3) is 4.76. The van der Waals surface area contributed by atoms with Gasteiger partial charge in [0.15, 0.2) is 0 Å². The molecule has 6 aromatic rings. The van der Waals surface area contributed by atoms with Gasteiger partial charge in [0, 0.05) is 33.2 Å². The van der Waals surface area contributed by atoms with Crippen molar-refractivity contribution >= 4 is 17.1 Å². The van der Waals surface area contributed by atoms with E-state index >= 15 is 0 Å². The minimum Gasteiger partial charge on any atom is -0.310 e. The predicted octanol–water partition coefficient (Wildman–Crippen LogP) is 14.7. The van der Waals surface area contributed by atoms with Crippen molar-refractivity contribution in [1.29, 1.82) is 0 Å². The molecule has 0 unspecified atom stereocenters. The maximum absolute atomic E-state index is 2.57. The quantitative estimate of drug-likeness (QED) is 0.177. The van der Waals surface area contributed by atoms with Crippen LogP contribution in [0.5, 0.6) is 0 Å². The van der Waals surface area contributed by atoms with Crippen molar-refractivity contribution in [3.05, 3.63) is 160 Å². The van der Waals surface area contributed by atoms with E-state index in [-0.39, 0.29) is 27.1 Å². The Hall–Kier alpha value is -4.88. The molecule has 0 N–H and O–H groups in total. The van der Waals surface area contributed by atoms with E-state index in [1.165, 1.54) is 95.0 Å². The van der Waals surface area contributed by atoms with Gasteiger partial charge in [0.25, 0.3) is 0 Å². The van der Waals surface area contributed by atoms with E-state index < -0.39 is 0 Å². The summed E-state index contributed by atoms with van der Waals surface area (Å²) in [5.74, 6) is 0. The van der Waals surface area contributed by atoms with Crippen molar-refractivity contribution in [2.24, 2.45) is 0 Å². The molecule has 0 aromatic heterocycles. The number of hydrogen-bond acceptors (Lipinski definition) is 1. The van der Waals surface area contributed by atoms with Gasteiger partial charge in [-0.3, -0.25) is 0 Å². The Kier molecular flexibility index (Phi) is 7.16. The Balaban J connectivity index is 1.31. The van der Waals surface area contributed by atoms with E-state index in [9.17, 15) is 0 Å². The number of fused-ring (bicyclic) bond motifs is 9. The number of nitrogens with zero attached hydrogens (tertiary/aromatic N) is 1. The molecule has 0 bridgehead atoms. The van der Waals surface area contributed by atoms with E-state index in [1.54, 1.807) is 0 Å². The van der Waals surface area contributed by atoms with Crippen molar-refractivity contribution in [2.45, 2.75) is 110 Å². The van der Waals surface area contributed by atoms with E-state index in [4.69, 9.17) is 0 Å². The van der Waals surface area contributed by atoms with Gasteiger partial charge >= 0.3 is 0 Å². The largest absolute Gasteiger partial charge is 0.310 e. The van der Waals surface area contributed by atoms with Crippen LogP contribution in [0.4, 0.5) is 17.1 Å². The predicted molar refractivity (Wildman–Crippen MR) is 231 cm³/mol. The molecule has 6 aromatic carbocycles. The lowest BCUT2D eigenvalue weighted by atomic mass is 9.74. The van der Waals surface area contributed by atoms with E-state index in [0.29, 0.717) is 0 Å². The molecule has 0 amide bonds. The summed E-state index contributed by atoms with van der Waals surface area (Å²) in [6, 6.07) is 44.6. The molecule has 0 spiro atoms. The minimum absolute atomic E-state index is 0.00727. The van der Waals surface area contributed by atoms with Gasteiger partial charge in [-0.1, -0.05) is 168 Å². The Morgan fingerprint density at radius 3 is 1.50 bits per heavy atom. The molecule has 3 aliphatic carbocycles. The molecule has 0 fully saturated rings. The number of anilines is 3. The lowest BCUT2D eigenvalue weighted by Crippen LogP contribution is -2.21. The molecule has 0 aliphatic heterocycles. The van der Waals surface area contributed by atoms with Crippen LogP contribution < -0.4 is 4.90 Å². The molecule has 9 rings (SSSR count). The van der Waals surface area contributed by atoms with Gasteiger partial charge in [-0.05, 0) is 113 Å². The van der Waals surface area contributed by atoms with Crippen molar-refractivity contribution in [3.63, 3.8) is 0 Å². The van der Waals surface area contributed by atoms with Crippen molar-refractivity contribution < 1.29 is 0 Å². The van der Waals surface area contributed by atoms with Crippen LogP contribution in [-0.4, -0.2) is 0 Å². The maximum atomic E-state index is 2.57. The lowest BCUT2D eigenvalue weighted by molar-refractivity contribution is 0.564. The molecule has 0 atom stereocenters. The maximum Gasteiger partial charge on any atom is 0.0543 e. The summed E-state index contributed by atoms with van der Waals surface area (Å²) in [4.78, 5) is 2.57. The summed E-state index contributed by atoms with van der Waals surface area (Å²) in [6.07, 6.45) is 0. The summed E-state index contributed by atoms with van der Waals surface area (Å²) >= 11 is 0. The van der Waals surface area contributed by atoms with Crippen molar-refractivity contribution in [3.8, 4) is 33.4 Å². The van der Waals surface area contributed by atoms with Crippen LogP contribution in [0.25, 0.3) is 33.4 Å². The van der Waals surface area contributed by atoms with Gasteiger partial charge in [0.1, 0.15) is 0 Å². The Morgan fingerprint density at radius 2 is 0.870 bits per heavy atom. The lowest BCUT2D eigenvalue weighted by Gasteiger charge is -2.31. The molecule has 0 radical (unpaired) electrons. The minimum atomic E-state index is -0.164. The molecule has 0 saturated carbocycles. The average Bonchev–Trinajstić information content (AvgIpc) is 3.60. The highest BCUT2D eigenvalue weighted by atomic mass is 15.1. The monoisotopic (exact) mass is 705 g/mol. The highest BCUT2D eigenvalue weighted by Gasteiger charge is 2.42. The third-order valence-electron chi connectivity index (χ3n) is 13.3. The molecular formula is C53H55N. The zero-order chi connectivity index (χ0) is 38.3. The first kappa shape index (κ1) is 34.9. The van der Waals surface area contributed by atoms with Crippen LogP contribution >= 0.6 is 0 Å². The van der Waals surface area contributed by atoms with Crippen molar-refractivity contribution in [2.75, 3.05) is 4.90 Å². The molecule has 272 valence electrons. The number of benzene rings is 6. The van der Waals surface area contributed by atoms with Crippen LogP contribution in [0, 0.1) is 0 Å². The molecule has 1 heteroatoms. The second-order valence-corrected chi connectivity index (χ2v) is 19.9. The van der Waals surface area contributed by atoms with Gasteiger partial charge in [-0.2, -0.15) is 0 Å². The second-order valence-electron chi connectivity index (χ2n) is 19.9. The normalized spacial score (nSPS) is 16.6. The van der Waals surface area contributed by atoms with Crippen LogP contribution in [0.1, 0.15) is 128 Å². The summed E-state index contributed by atoms with van der Waals surface area (Å²) in [5.41, 5.74) is 22.8. The van der Waals surface area contributed by atoms with E-state index in [1.807, 2.05) is 0 Å². The zero-order valence-electron chi connectivity index (χ0n) is 34.4. The number of rotatable bonds is 3. The smallest absolute Gasteiger partial charge is 0.0543 e. The Labute approximate surface area is 324 Å². The fraction of sp³-hybridized carbons (Fsp3) is 0.321. The molecule has 0 heterocycles. The van der Waals surface area contributed by atoms with Crippen LogP contribution in [-0.2, 0) is 27.1 Å². The second kappa shape index (κ2) is 11.1. The summed E-state index contributed by atoms with van der Waals surface area (Å²) in [5, 5.41) is 0. The van der Waals surface area contributed by atoms with E-state index in [2.05, 4.69) is 203 Å². The first-order chi connectivity index (χ1) is 25.3. The Bertz CT molecular complexity index is 2540. The Morgan fingerprint density at radius 1 is 0.389 bits per heavy atom. The standard InChI is InChI=1S/C53H55N/c1-49(2,3)32-28-44(50(4,5)6)47-38-27-25-34(31-43(38)53(11,12)45(47)29-32)54(33-24-26-36-35-18-13-15-20-39(35)52(9,10)42(36)30-33)46-23-17-22-41-48(46)37-19-14-16-21-40(37)51(41,7)8/h13-31H,1-12H3. The van der Waals surface area contributed by atoms with Crippen LogP contribution in [0.3, 0.4) is 0 Å². The highest BCUT2D eigenvalue weighted by Crippen LogP contribution is 2.58. The van der Waals surface area contributed by atoms with Crippen LogP contribution in [0.2, 0.25) is 0 Å². The van der Waals surface area contributed by atoms with Gasteiger partial charge < -0.3 is 4.90 Å². The van der Waals surface area contributed by atoms with Gasteiger partial charge in [-0.15, -0.1) is 0 Å². The average molecular weight is 706 g/mol. The fourth-order valence-electron chi connectivity index (χ4n) is 10.2. The van der Waals surface area contributed by atoms with Crippen LogP contribution in [0.15, 0.2) is 115 Å². The molecular weight excluding hydrogens is 651 g/mol. The first-order valence-electron chi connectivity index (χ1n) is 20.0. The SMILES string of the molecule is CC(C)(C)c1cc(C(C)(C)C)c2c(c1)C(C)(C)c1cc(N(c3ccc4c(c3)C(C)(C)c3ccccc3-4)c3cccc4c3-c3ccccc3C4(C)C)ccc1-2.